The third kappa shape index (κ3) is 2.92. The van der Waals surface area contributed by atoms with Crippen LogP contribution in [0.3, 0.4) is 0 Å². The van der Waals surface area contributed by atoms with Gasteiger partial charge in [-0.25, -0.2) is 4.98 Å². The van der Waals surface area contributed by atoms with Crippen molar-refractivity contribution in [2.75, 3.05) is 31.2 Å². The second-order valence-electron chi connectivity index (χ2n) is 3.41. The Balaban J connectivity index is 2.19. The summed E-state index contributed by atoms with van der Waals surface area (Å²) >= 11 is 6.93. The fourth-order valence-electron chi connectivity index (χ4n) is 1.60. The highest BCUT2D eigenvalue weighted by Gasteiger charge is 2.13. The van der Waals surface area contributed by atoms with E-state index in [2.05, 4.69) is 41.7 Å². The van der Waals surface area contributed by atoms with Crippen molar-refractivity contribution in [2.24, 2.45) is 0 Å². The molecule has 2 rings (SSSR count). The highest BCUT2D eigenvalue weighted by Crippen LogP contribution is 2.27. The zero-order chi connectivity index (χ0) is 10.7. The van der Waals surface area contributed by atoms with Crippen LogP contribution in [-0.2, 0) is 4.74 Å². The van der Waals surface area contributed by atoms with E-state index in [1.165, 1.54) is 0 Å². The molecule has 1 aromatic rings. The van der Waals surface area contributed by atoms with Gasteiger partial charge in [0.2, 0.25) is 0 Å². The lowest BCUT2D eigenvalue weighted by Gasteiger charge is -2.21. The summed E-state index contributed by atoms with van der Waals surface area (Å²) in [5.41, 5.74) is 0. The summed E-state index contributed by atoms with van der Waals surface area (Å²) in [4.78, 5) is 6.67. The van der Waals surface area contributed by atoms with Gasteiger partial charge in [-0.05, 0) is 44.3 Å². The average Bonchev–Trinajstić information content (AvgIpc) is 2.46. The number of aromatic nitrogens is 1. The molecule has 0 saturated carbocycles. The molecule has 5 heteroatoms. The molecule has 82 valence electrons. The van der Waals surface area contributed by atoms with Gasteiger partial charge < -0.3 is 9.64 Å². The van der Waals surface area contributed by atoms with Crippen molar-refractivity contribution in [1.82, 2.24) is 4.98 Å². The summed E-state index contributed by atoms with van der Waals surface area (Å²) in [5.74, 6) is 1.00. The molecule has 1 fully saturated rings. The van der Waals surface area contributed by atoms with Crippen LogP contribution < -0.4 is 4.90 Å². The maximum Gasteiger partial charge on any atom is 0.143 e. The van der Waals surface area contributed by atoms with Gasteiger partial charge in [0.25, 0.3) is 0 Å². The minimum absolute atomic E-state index is 0.782. The molecule has 0 spiro atoms. The summed E-state index contributed by atoms with van der Waals surface area (Å²) in [6.45, 7) is 3.55. The van der Waals surface area contributed by atoms with Gasteiger partial charge in [0.1, 0.15) is 5.82 Å². The van der Waals surface area contributed by atoms with E-state index in [1.54, 1.807) is 0 Å². The lowest BCUT2D eigenvalue weighted by molar-refractivity contribution is 0.152. The van der Waals surface area contributed by atoms with Gasteiger partial charge in [-0.15, -0.1) is 0 Å². The molecular formula is C10H12Br2N2O. The number of pyridine rings is 1. The molecule has 1 aromatic heterocycles. The third-order valence-electron chi connectivity index (χ3n) is 2.31. The maximum absolute atomic E-state index is 5.42. The van der Waals surface area contributed by atoms with Gasteiger partial charge in [-0.1, -0.05) is 0 Å². The summed E-state index contributed by atoms with van der Waals surface area (Å²) in [5, 5.41) is 0. The van der Waals surface area contributed by atoms with Crippen molar-refractivity contribution in [3.8, 4) is 0 Å². The molecule has 15 heavy (non-hydrogen) atoms. The molecule has 1 aliphatic rings. The van der Waals surface area contributed by atoms with Crippen molar-refractivity contribution in [1.29, 1.82) is 0 Å². The van der Waals surface area contributed by atoms with E-state index in [9.17, 15) is 0 Å². The van der Waals surface area contributed by atoms with Gasteiger partial charge >= 0.3 is 0 Å². The second kappa shape index (κ2) is 5.27. The maximum atomic E-state index is 5.42. The van der Waals surface area contributed by atoms with Crippen LogP contribution in [-0.4, -0.2) is 31.3 Å². The average molecular weight is 336 g/mol. The minimum atomic E-state index is 0.782. The van der Waals surface area contributed by atoms with E-state index < -0.39 is 0 Å². The summed E-state index contributed by atoms with van der Waals surface area (Å²) in [6.07, 6.45) is 2.88. The number of anilines is 1. The molecule has 2 heterocycles. The van der Waals surface area contributed by atoms with Crippen molar-refractivity contribution >= 4 is 37.7 Å². The predicted molar refractivity (Wildman–Crippen MR) is 67.3 cm³/mol. The second-order valence-corrected chi connectivity index (χ2v) is 5.18. The third-order valence-corrected chi connectivity index (χ3v) is 3.33. The van der Waals surface area contributed by atoms with Gasteiger partial charge in [0, 0.05) is 30.4 Å². The standard InChI is InChI=1S/C10H12Br2N2O/c11-8-6-9(12)10(13-7-8)14-2-1-4-15-5-3-14/h6-7H,1-5H2. The number of hydrogen-bond donors (Lipinski definition) is 0. The first-order chi connectivity index (χ1) is 7.27. The highest BCUT2D eigenvalue weighted by atomic mass is 79.9. The Morgan fingerprint density at radius 2 is 2.13 bits per heavy atom. The quantitative estimate of drug-likeness (QED) is 0.789. The number of ether oxygens (including phenoxy) is 1. The number of nitrogens with zero attached hydrogens (tertiary/aromatic N) is 2. The first kappa shape index (κ1) is 11.4. The van der Waals surface area contributed by atoms with E-state index >= 15 is 0 Å². The van der Waals surface area contributed by atoms with Crippen LogP contribution in [0.15, 0.2) is 21.2 Å². The lowest BCUT2D eigenvalue weighted by Crippen LogP contribution is -2.27. The molecule has 1 aliphatic heterocycles. The Kier molecular flexibility index (Phi) is 3.99. The lowest BCUT2D eigenvalue weighted by atomic mass is 10.3. The molecule has 3 nitrogen and oxygen atoms in total. The van der Waals surface area contributed by atoms with Gasteiger partial charge in [-0.2, -0.15) is 0 Å². The largest absolute Gasteiger partial charge is 0.380 e. The highest BCUT2D eigenvalue weighted by molar-refractivity contribution is 9.11. The van der Waals surface area contributed by atoms with Crippen LogP contribution in [0.4, 0.5) is 5.82 Å². The first-order valence-electron chi connectivity index (χ1n) is 4.91. The molecule has 0 radical (unpaired) electrons. The predicted octanol–water partition coefficient (Wildman–Crippen LogP) is 2.83. The molecular weight excluding hydrogens is 324 g/mol. The van der Waals surface area contributed by atoms with Crippen molar-refractivity contribution in [3.63, 3.8) is 0 Å². The molecule has 1 saturated heterocycles. The minimum Gasteiger partial charge on any atom is -0.380 e. The molecule has 0 bridgehead atoms. The molecule has 0 aliphatic carbocycles. The monoisotopic (exact) mass is 334 g/mol. The zero-order valence-electron chi connectivity index (χ0n) is 8.25. The molecule has 0 N–H and O–H groups in total. The molecule has 0 aromatic carbocycles. The van der Waals surface area contributed by atoms with E-state index in [0.29, 0.717) is 0 Å². The van der Waals surface area contributed by atoms with Crippen LogP contribution in [0.2, 0.25) is 0 Å². The first-order valence-corrected chi connectivity index (χ1v) is 6.50. The van der Waals surface area contributed by atoms with Gasteiger partial charge in [0.05, 0.1) is 11.1 Å². The Labute approximate surface area is 106 Å². The Hall–Kier alpha value is -0.130. The fourth-order valence-corrected chi connectivity index (χ4v) is 2.84. The van der Waals surface area contributed by atoms with E-state index in [0.717, 1.165) is 47.5 Å². The van der Waals surface area contributed by atoms with Gasteiger partial charge in [-0.3, -0.25) is 0 Å². The zero-order valence-corrected chi connectivity index (χ0v) is 11.4. The number of halogens is 2. The van der Waals surface area contributed by atoms with Crippen LogP contribution in [0.5, 0.6) is 0 Å². The van der Waals surface area contributed by atoms with Crippen molar-refractivity contribution in [2.45, 2.75) is 6.42 Å². The Morgan fingerprint density at radius 1 is 1.27 bits per heavy atom. The SMILES string of the molecule is Brc1cnc(N2CCCOCC2)c(Br)c1. The molecule has 0 atom stereocenters. The summed E-state index contributed by atoms with van der Waals surface area (Å²) in [7, 11) is 0. The summed E-state index contributed by atoms with van der Waals surface area (Å²) in [6, 6.07) is 2.02. The van der Waals surface area contributed by atoms with Crippen molar-refractivity contribution < 1.29 is 4.74 Å². The van der Waals surface area contributed by atoms with E-state index in [1.807, 2.05) is 12.3 Å². The van der Waals surface area contributed by atoms with Crippen LogP contribution in [0.25, 0.3) is 0 Å². The van der Waals surface area contributed by atoms with E-state index in [-0.39, 0.29) is 0 Å². The number of rotatable bonds is 1. The van der Waals surface area contributed by atoms with Gasteiger partial charge in [0.15, 0.2) is 0 Å². The van der Waals surface area contributed by atoms with E-state index in [4.69, 9.17) is 4.74 Å². The van der Waals surface area contributed by atoms with Crippen LogP contribution in [0.1, 0.15) is 6.42 Å². The van der Waals surface area contributed by atoms with Crippen LogP contribution in [0, 0.1) is 0 Å². The topological polar surface area (TPSA) is 25.4 Å². The fraction of sp³-hybridized carbons (Fsp3) is 0.500. The molecule has 0 unspecified atom stereocenters. The van der Waals surface area contributed by atoms with Crippen molar-refractivity contribution in [3.05, 3.63) is 21.2 Å². The smallest absolute Gasteiger partial charge is 0.143 e. The summed E-state index contributed by atoms with van der Waals surface area (Å²) < 4.78 is 7.43. The van der Waals surface area contributed by atoms with Crippen LogP contribution >= 0.6 is 31.9 Å². The molecule has 0 amide bonds. The Morgan fingerprint density at radius 3 is 2.93 bits per heavy atom. The normalized spacial score (nSPS) is 17.6. The number of hydrogen-bond acceptors (Lipinski definition) is 3. The Bertz CT molecular complexity index is 338.